The topological polar surface area (TPSA) is 87.7 Å². The lowest BCUT2D eigenvalue weighted by molar-refractivity contribution is -0.139. The quantitative estimate of drug-likeness (QED) is 0.634. The minimum Gasteiger partial charge on any atom is -0.490 e. The van der Waals surface area contributed by atoms with E-state index in [-0.39, 0.29) is 11.8 Å². The zero-order chi connectivity index (χ0) is 18.4. The third kappa shape index (κ3) is 4.76. The number of piperazine rings is 1. The number of aliphatic hydroxyl groups excluding tert-OH is 1. The van der Waals surface area contributed by atoms with Gasteiger partial charge >= 0.3 is 0 Å². The molecule has 1 heterocycles. The van der Waals surface area contributed by atoms with E-state index in [0.717, 1.165) is 11.3 Å². The largest absolute Gasteiger partial charge is 0.490 e. The molecule has 25 heavy (non-hydrogen) atoms. The Balaban J connectivity index is 2.07. The summed E-state index contributed by atoms with van der Waals surface area (Å²) in [5, 5.41) is 14.5. The van der Waals surface area contributed by atoms with Gasteiger partial charge in [0.05, 0.1) is 6.61 Å². The zero-order valence-electron chi connectivity index (χ0n) is 14.7. The van der Waals surface area contributed by atoms with Crippen LogP contribution in [0.5, 0.6) is 5.75 Å². The summed E-state index contributed by atoms with van der Waals surface area (Å²) in [7, 11) is 0. The molecule has 136 valence electrons. The smallest absolute Gasteiger partial charge is 0.257 e. The van der Waals surface area contributed by atoms with Crippen LogP contribution >= 0.6 is 11.8 Å². The first-order chi connectivity index (χ1) is 11.9. The molecular formula is C18H24N2O4S. The number of amides is 2. The minimum absolute atomic E-state index is 0.303. The molecule has 1 saturated heterocycles. The highest BCUT2D eigenvalue weighted by Crippen LogP contribution is 2.28. The Kier molecular flexibility index (Phi) is 6.50. The molecule has 2 rings (SSSR count). The first-order valence-corrected chi connectivity index (χ1v) is 9.27. The number of rotatable bonds is 7. The average molecular weight is 364 g/mol. The Hall–Kier alpha value is -1.99. The predicted octanol–water partition coefficient (Wildman–Crippen LogP) is 1.24. The van der Waals surface area contributed by atoms with E-state index in [1.807, 2.05) is 44.2 Å². The van der Waals surface area contributed by atoms with Gasteiger partial charge < -0.3 is 20.5 Å². The van der Waals surface area contributed by atoms with Gasteiger partial charge in [0.15, 0.2) is 4.87 Å². The number of ether oxygens (including phenoxy) is 1. The SMILES string of the molecule is CS[C@@]1(Cc2ccc(OCC=C(C)C)cc2)NC(=O)[C@H](CO)NC1=O. The lowest BCUT2D eigenvalue weighted by atomic mass is 10.0. The van der Waals surface area contributed by atoms with Gasteiger partial charge in [0.1, 0.15) is 18.4 Å². The molecule has 1 aliphatic heterocycles. The number of nitrogens with one attached hydrogen (secondary N) is 2. The number of hydrogen-bond acceptors (Lipinski definition) is 5. The first kappa shape index (κ1) is 19.3. The van der Waals surface area contributed by atoms with Gasteiger partial charge in [-0.15, -0.1) is 11.8 Å². The van der Waals surface area contributed by atoms with Gasteiger partial charge in [0.25, 0.3) is 5.91 Å². The van der Waals surface area contributed by atoms with E-state index in [0.29, 0.717) is 13.0 Å². The molecular weight excluding hydrogens is 340 g/mol. The van der Waals surface area contributed by atoms with Crippen molar-refractivity contribution in [3.63, 3.8) is 0 Å². The molecule has 2 amide bonds. The molecule has 0 bridgehead atoms. The van der Waals surface area contributed by atoms with Crippen molar-refractivity contribution in [3.05, 3.63) is 41.5 Å². The molecule has 1 fully saturated rings. The number of aliphatic hydroxyl groups is 1. The Bertz CT molecular complexity index is 656. The molecule has 0 unspecified atom stereocenters. The summed E-state index contributed by atoms with van der Waals surface area (Å²) >= 11 is 1.27. The molecule has 0 radical (unpaired) electrons. The fourth-order valence-electron chi connectivity index (χ4n) is 2.45. The number of benzene rings is 1. The molecule has 1 aromatic rings. The summed E-state index contributed by atoms with van der Waals surface area (Å²) in [4.78, 5) is 23.4. The van der Waals surface area contributed by atoms with Crippen LogP contribution in [-0.2, 0) is 16.0 Å². The molecule has 0 spiro atoms. The van der Waals surface area contributed by atoms with Gasteiger partial charge in [-0.25, -0.2) is 0 Å². The third-order valence-electron chi connectivity index (χ3n) is 3.96. The molecule has 1 aromatic carbocycles. The highest BCUT2D eigenvalue weighted by molar-refractivity contribution is 8.00. The van der Waals surface area contributed by atoms with E-state index in [9.17, 15) is 9.59 Å². The number of carbonyl (C=O) groups is 2. The maximum absolute atomic E-state index is 12.4. The first-order valence-electron chi connectivity index (χ1n) is 8.04. The van der Waals surface area contributed by atoms with Crippen LogP contribution in [0.3, 0.4) is 0 Å². The molecule has 6 nitrogen and oxygen atoms in total. The number of hydrogen-bond donors (Lipinski definition) is 3. The maximum atomic E-state index is 12.4. The van der Waals surface area contributed by atoms with Crippen LogP contribution in [0.15, 0.2) is 35.9 Å². The van der Waals surface area contributed by atoms with Crippen LogP contribution in [0, 0.1) is 0 Å². The van der Waals surface area contributed by atoms with E-state index >= 15 is 0 Å². The molecule has 2 atom stereocenters. The van der Waals surface area contributed by atoms with Crippen LogP contribution in [0.2, 0.25) is 0 Å². The van der Waals surface area contributed by atoms with Crippen molar-refractivity contribution in [1.29, 1.82) is 0 Å². The Morgan fingerprint density at radius 3 is 2.56 bits per heavy atom. The fourth-order valence-corrected chi connectivity index (χ4v) is 3.21. The van der Waals surface area contributed by atoms with Crippen LogP contribution < -0.4 is 15.4 Å². The number of thioether (sulfide) groups is 1. The second-order valence-electron chi connectivity index (χ2n) is 6.14. The van der Waals surface area contributed by atoms with Crippen molar-refractivity contribution < 1.29 is 19.4 Å². The van der Waals surface area contributed by atoms with Crippen LogP contribution in [0.25, 0.3) is 0 Å². The molecule has 3 N–H and O–H groups in total. The molecule has 0 aliphatic carbocycles. The summed E-state index contributed by atoms with van der Waals surface area (Å²) in [6.45, 7) is 4.12. The van der Waals surface area contributed by atoms with E-state index in [1.54, 1.807) is 6.26 Å². The van der Waals surface area contributed by atoms with E-state index in [1.165, 1.54) is 17.3 Å². The van der Waals surface area contributed by atoms with Gasteiger partial charge in [-0.1, -0.05) is 17.7 Å². The highest BCUT2D eigenvalue weighted by atomic mass is 32.2. The van der Waals surface area contributed by atoms with Gasteiger partial charge in [0, 0.05) is 6.42 Å². The summed E-state index contributed by atoms with van der Waals surface area (Å²) < 4.78 is 5.62. The highest BCUT2D eigenvalue weighted by Gasteiger charge is 2.46. The molecule has 0 aromatic heterocycles. The van der Waals surface area contributed by atoms with Gasteiger partial charge in [-0.3, -0.25) is 9.59 Å². The normalized spacial score (nSPS) is 22.8. The fraction of sp³-hybridized carbons (Fsp3) is 0.444. The molecule has 0 saturated carbocycles. The van der Waals surface area contributed by atoms with E-state index < -0.39 is 17.5 Å². The van der Waals surface area contributed by atoms with Crippen molar-refractivity contribution >= 4 is 23.6 Å². The second kappa shape index (κ2) is 8.40. The predicted molar refractivity (Wildman–Crippen MR) is 98.5 cm³/mol. The summed E-state index contributed by atoms with van der Waals surface area (Å²) in [6.07, 6.45) is 4.12. The lowest BCUT2D eigenvalue weighted by Gasteiger charge is -2.38. The Morgan fingerprint density at radius 1 is 1.32 bits per heavy atom. The van der Waals surface area contributed by atoms with Gasteiger partial charge in [-0.2, -0.15) is 0 Å². The van der Waals surface area contributed by atoms with Crippen LogP contribution in [0.4, 0.5) is 0 Å². The Labute approximate surface area is 152 Å². The van der Waals surface area contributed by atoms with Crippen molar-refractivity contribution in [1.82, 2.24) is 10.6 Å². The Morgan fingerprint density at radius 2 is 2.00 bits per heavy atom. The van der Waals surface area contributed by atoms with E-state index in [4.69, 9.17) is 9.84 Å². The summed E-state index contributed by atoms with van der Waals surface area (Å²) in [5.41, 5.74) is 2.10. The van der Waals surface area contributed by atoms with Crippen molar-refractivity contribution in [3.8, 4) is 5.75 Å². The monoisotopic (exact) mass is 364 g/mol. The third-order valence-corrected chi connectivity index (χ3v) is 5.09. The number of carbonyl (C=O) groups excluding carboxylic acids is 2. The summed E-state index contributed by atoms with van der Waals surface area (Å²) in [6, 6.07) is 6.57. The van der Waals surface area contributed by atoms with Crippen LogP contribution in [0.1, 0.15) is 19.4 Å². The minimum atomic E-state index is -1.08. The number of allylic oxidation sites excluding steroid dienone is 1. The maximum Gasteiger partial charge on any atom is 0.257 e. The van der Waals surface area contributed by atoms with E-state index in [2.05, 4.69) is 10.6 Å². The average Bonchev–Trinajstić information content (AvgIpc) is 2.59. The molecule has 7 heteroatoms. The van der Waals surface area contributed by atoms with Crippen molar-refractivity contribution in [2.24, 2.45) is 0 Å². The van der Waals surface area contributed by atoms with Gasteiger partial charge in [0.2, 0.25) is 5.91 Å². The zero-order valence-corrected chi connectivity index (χ0v) is 15.5. The van der Waals surface area contributed by atoms with Crippen LogP contribution in [-0.4, -0.2) is 47.3 Å². The standard InChI is InChI=1S/C18H24N2O4S/c1-12(2)8-9-24-14-6-4-13(5-7-14)10-18(25-3)17(23)19-15(11-21)16(22)20-18/h4-8,15,21H,9-11H2,1-3H3,(H,19,23)(H,20,22)/t15-,18+/m0/s1. The lowest BCUT2D eigenvalue weighted by Crippen LogP contribution is -2.69. The second-order valence-corrected chi connectivity index (χ2v) is 7.25. The van der Waals surface area contributed by atoms with Crippen molar-refractivity contribution in [2.75, 3.05) is 19.5 Å². The molecule has 1 aliphatic rings. The van der Waals surface area contributed by atoms with Gasteiger partial charge in [-0.05, 0) is 43.9 Å². The summed E-state index contributed by atoms with van der Waals surface area (Å²) in [5.74, 6) is 0.0672. The van der Waals surface area contributed by atoms with Crippen molar-refractivity contribution in [2.45, 2.75) is 31.2 Å².